The smallest absolute Gasteiger partial charge is 0.226 e. The van der Waals surface area contributed by atoms with Crippen molar-refractivity contribution >= 4 is 44.9 Å². The fourth-order valence-electron chi connectivity index (χ4n) is 6.41. The summed E-state index contributed by atoms with van der Waals surface area (Å²) in [7, 11) is 6.31. The monoisotopic (exact) mass is 697 g/mol. The summed E-state index contributed by atoms with van der Waals surface area (Å²) in [4.78, 5) is 46.5. The normalized spacial score (nSPS) is 13.4. The Hall–Kier alpha value is -5.56. The van der Waals surface area contributed by atoms with Gasteiger partial charge in [0.15, 0.2) is 16.6 Å². The first-order valence-electron chi connectivity index (χ1n) is 16.2. The van der Waals surface area contributed by atoms with Crippen molar-refractivity contribution in [2.45, 2.75) is 38.6 Å². The molecule has 2 amide bonds. The number of H-pyrrole nitrogens is 1. The predicted octanol–water partition coefficient (Wildman–Crippen LogP) is 6.31. The Kier molecular flexibility index (Phi) is 10.2. The molecule has 0 fully saturated rings. The number of carbonyl (C=O) groups is 2. The van der Waals surface area contributed by atoms with E-state index in [1.54, 1.807) is 40.6 Å². The molecule has 2 aromatic heterocycles. The molecule has 0 saturated heterocycles. The van der Waals surface area contributed by atoms with Crippen molar-refractivity contribution in [3.05, 3.63) is 75.4 Å². The second kappa shape index (κ2) is 14.9. The number of aromatic nitrogens is 2. The zero-order chi connectivity index (χ0) is 35.4. The molecule has 0 bridgehead atoms. The Morgan fingerprint density at radius 3 is 2.54 bits per heavy atom. The van der Waals surface area contributed by atoms with Crippen LogP contribution in [0.5, 0.6) is 23.0 Å². The maximum Gasteiger partial charge on any atom is 0.226 e. The van der Waals surface area contributed by atoms with Crippen LogP contribution in [0.25, 0.3) is 33.3 Å². The first-order chi connectivity index (χ1) is 24.2. The molecular weight excluding hydrogens is 659 g/mol. The van der Waals surface area contributed by atoms with E-state index in [0.29, 0.717) is 59.4 Å². The number of amides is 2. The lowest BCUT2D eigenvalue weighted by atomic mass is 9.95. The summed E-state index contributed by atoms with van der Waals surface area (Å²) in [6, 6.07) is 12.5. The standard InChI is InChI=1S/C37H39N5O7S/c1-20(43)40-27-12-8-21-15-32(47-3)35(48-4)36(49-5)34(21)24-11-13-28(31(44)17-25(24)27)38-14-6-7-33(45)42-37-41-30(19-50-37)26-18-39-29-16-22(46-2)9-10-23(26)29/h9-11,13,15-19,27,39H,6-8,12,14H2,1-5H3,(H,38,44)(H,40,43)(H,41,42,45)/t27-/m0/s1. The number of carbonyl (C=O) groups excluding carboxylic acids is 2. The number of hydrogen-bond acceptors (Lipinski definition) is 10. The van der Waals surface area contributed by atoms with Gasteiger partial charge in [-0.1, -0.05) is 6.07 Å². The van der Waals surface area contributed by atoms with Crippen molar-refractivity contribution in [3.8, 4) is 45.4 Å². The molecule has 0 unspecified atom stereocenters. The average molecular weight is 698 g/mol. The fraction of sp³-hybridized carbons (Fsp3) is 0.297. The summed E-state index contributed by atoms with van der Waals surface area (Å²) in [6.45, 7) is 1.85. The average Bonchev–Trinajstić information content (AvgIpc) is 3.68. The number of rotatable bonds is 12. The number of benzene rings is 2. The minimum absolute atomic E-state index is 0.171. The zero-order valence-electron chi connectivity index (χ0n) is 28.5. The number of hydrogen-bond donors (Lipinski definition) is 4. The molecule has 5 aromatic rings. The third-order valence-electron chi connectivity index (χ3n) is 8.73. The van der Waals surface area contributed by atoms with E-state index in [-0.39, 0.29) is 23.7 Å². The molecule has 2 heterocycles. The molecule has 0 radical (unpaired) electrons. The SMILES string of the molecule is COc1ccc2c(-c3csc(NC(=O)CCCNc4ccc5c(cc4=O)[C@@H](NC(C)=O)CCc4cc(OC)c(OC)c(OC)c4-5)n3)c[nH]c2c1. The number of nitrogens with one attached hydrogen (secondary N) is 4. The highest BCUT2D eigenvalue weighted by Crippen LogP contribution is 2.50. The lowest BCUT2D eigenvalue weighted by Gasteiger charge is -2.19. The first-order valence-corrected chi connectivity index (χ1v) is 17.0. The molecule has 12 nitrogen and oxygen atoms in total. The number of thiazole rings is 1. The van der Waals surface area contributed by atoms with E-state index < -0.39 is 6.04 Å². The molecule has 3 aromatic carbocycles. The van der Waals surface area contributed by atoms with Gasteiger partial charge in [-0.25, -0.2) is 4.98 Å². The van der Waals surface area contributed by atoms with Gasteiger partial charge < -0.3 is 39.9 Å². The van der Waals surface area contributed by atoms with E-state index in [1.165, 1.54) is 18.3 Å². The number of aryl methyl sites for hydroxylation is 1. The van der Waals surface area contributed by atoms with Crippen LogP contribution in [0.15, 0.2) is 58.8 Å². The Balaban J connectivity index is 1.16. The van der Waals surface area contributed by atoms with Gasteiger partial charge in [0.1, 0.15) is 5.75 Å². The number of nitrogens with zero attached hydrogens (tertiary/aromatic N) is 1. The van der Waals surface area contributed by atoms with Crippen molar-refractivity contribution < 1.29 is 28.5 Å². The Bertz CT molecular complexity index is 2130. The Labute approximate surface area is 293 Å². The van der Waals surface area contributed by atoms with Crippen LogP contribution in [0.3, 0.4) is 0 Å². The fourth-order valence-corrected chi connectivity index (χ4v) is 7.13. The lowest BCUT2D eigenvalue weighted by molar-refractivity contribution is -0.119. The van der Waals surface area contributed by atoms with Crippen LogP contribution in [0, 0.1) is 0 Å². The maximum atomic E-state index is 13.6. The summed E-state index contributed by atoms with van der Waals surface area (Å²) in [5.74, 6) is 1.85. The van der Waals surface area contributed by atoms with Gasteiger partial charge in [0, 0.05) is 59.6 Å². The molecule has 260 valence electrons. The summed E-state index contributed by atoms with van der Waals surface area (Å²) in [5.41, 5.74) is 5.93. The second-order valence-corrected chi connectivity index (χ2v) is 12.7. The number of anilines is 2. The minimum Gasteiger partial charge on any atom is -0.497 e. The highest BCUT2D eigenvalue weighted by atomic mass is 32.1. The van der Waals surface area contributed by atoms with Gasteiger partial charge >= 0.3 is 0 Å². The van der Waals surface area contributed by atoms with Crippen LogP contribution in [-0.2, 0) is 16.0 Å². The van der Waals surface area contributed by atoms with Gasteiger partial charge in [0.2, 0.25) is 23.0 Å². The van der Waals surface area contributed by atoms with Crippen molar-refractivity contribution in [2.75, 3.05) is 45.6 Å². The molecule has 0 spiro atoms. The third-order valence-corrected chi connectivity index (χ3v) is 9.49. The summed E-state index contributed by atoms with van der Waals surface area (Å²) in [6.07, 6.45) is 3.78. The van der Waals surface area contributed by atoms with E-state index in [2.05, 4.69) is 25.9 Å². The number of ether oxygens (including phenoxy) is 4. The summed E-state index contributed by atoms with van der Waals surface area (Å²) >= 11 is 1.36. The second-order valence-electron chi connectivity index (χ2n) is 11.8. The van der Waals surface area contributed by atoms with E-state index in [4.69, 9.17) is 18.9 Å². The topological polar surface area (TPSA) is 153 Å². The first kappa shape index (κ1) is 34.3. The van der Waals surface area contributed by atoms with Crippen LogP contribution >= 0.6 is 11.3 Å². The lowest BCUT2D eigenvalue weighted by Crippen LogP contribution is -2.26. The predicted molar refractivity (Wildman–Crippen MR) is 195 cm³/mol. The van der Waals surface area contributed by atoms with Crippen LogP contribution in [0.4, 0.5) is 10.8 Å². The van der Waals surface area contributed by atoms with Gasteiger partial charge in [-0.2, -0.15) is 0 Å². The van der Waals surface area contributed by atoms with Crippen molar-refractivity contribution in [3.63, 3.8) is 0 Å². The molecule has 1 aliphatic rings. The molecule has 6 rings (SSSR count). The highest BCUT2D eigenvalue weighted by molar-refractivity contribution is 7.14. The van der Waals surface area contributed by atoms with Gasteiger partial charge in [-0.3, -0.25) is 14.4 Å². The zero-order valence-corrected chi connectivity index (χ0v) is 29.3. The van der Waals surface area contributed by atoms with Crippen molar-refractivity contribution in [1.29, 1.82) is 0 Å². The van der Waals surface area contributed by atoms with Gasteiger partial charge in [0.25, 0.3) is 0 Å². The number of aromatic amines is 1. The van der Waals surface area contributed by atoms with E-state index >= 15 is 0 Å². The number of fused-ring (bicyclic) bond motifs is 4. The Morgan fingerprint density at radius 2 is 1.80 bits per heavy atom. The van der Waals surface area contributed by atoms with Gasteiger partial charge in [-0.15, -0.1) is 11.3 Å². The van der Waals surface area contributed by atoms with Crippen LogP contribution in [0.2, 0.25) is 0 Å². The van der Waals surface area contributed by atoms with Gasteiger partial charge in [0.05, 0.1) is 45.9 Å². The third kappa shape index (κ3) is 6.95. The van der Waals surface area contributed by atoms with Crippen molar-refractivity contribution in [1.82, 2.24) is 15.3 Å². The summed E-state index contributed by atoms with van der Waals surface area (Å²) in [5, 5.41) is 12.5. The Morgan fingerprint density at radius 1 is 0.980 bits per heavy atom. The quantitative estimate of drug-likeness (QED) is 0.110. The molecule has 1 aliphatic carbocycles. The molecule has 13 heteroatoms. The van der Waals surface area contributed by atoms with Crippen LogP contribution in [-0.4, -0.2) is 56.8 Å². The molecule has 0 aliphatic heterocycles. The minimum atomic E-state index is -0.404. The van der Waals surface area contributed by atoms with Crippen LogP contribution in [0.1, 0.15) is 43.4 Å². The van der Waals surface area contributed by atoms with E-state index in [9.17, 15) is 14.4 Å². The highest BCUT2D eigenvalue weighted by Gasteiger charge is 2.29. The number of methoxy groups -OCH3 is 4. The molecule has 1 atom stereocenters. The van der Waals surface area contributed by atoms with E-state index in [0.717, 1.165) is 44.6 Å². The molecule has 0 saturated carbocycles. The largest absolute Gasteiger partial charge is 0.497 e. The summed E-state index contributed by atoms with van der Waals surface area (Å²) < 4.78 is 22.4. The molecular formula is C37H39N5O7S. The van der Waals surface area contributed by atoms with Gasteiger partial charge in [-0.05, 0) is 66.3 Å². The maximum absolute atomic E-state index is 13.6. The van der Waals surface area contributed by atoms with Crippen LogP contribution < -0.4 is 40.3 Å². The van der Waals surface area contributed by atoms with Crippen molar-refractivity contribution in [2.24, 2.45) is 0 Å². The molecule has 50 heavy (non-hydrogen) atoms. The van der Waals surface area contributed by atoms with E-state index in [1.807, 2.05) is 41.9 Å². The molecule has 4 N–H and O–H groups in total.